The number of hydrogen-bond acceptors (Lipinski definition) is 2. The van der Waals surface area contributed by atoms with Gasteiger partial charge in [0.1, 0.15) is 5.75 Å². The number of aliphatic imine (C=N–C) groups is 1. The zero-order valence-electron chi connectivity index (χ0n) is 13.4. The fourth-order valence-electron chi connectivity index (χ4n) is 2.02. The van der Waals surface area contributed by atoms with Crippen LogP contribution in [0.3, 0.4) is 0 Å². The topological polar surface area (TPSA) is 45.7 Å². The molecule has 4 nitrogen and oxygen atoms in total. The number of ether oxygens (including phenoxy) is 1. The van der Waals surface area contributed by atoms with E-state index in [1.165, 1.54) is 18.4 Å². The van der Waals surface area contributed by atoms with Crippen molar-refractivity contribution < 1.29 is 4.74 Å². The molecule has 1 saturated carbocycles. The SMILES string of the molecule is CCNC(=NCc1ccc(OC(C)C)cc1)NCC1CC1. The van der Waals surface area contributed by atoms with Crippen LogP contribution in [0.4, 0.5) is 0 Å². The van der Waals surface area contributed by atoms with Crippen molar-refractivity contribution in [2.24, 2.45) is 10.9 Å². The van der Waals surface area contributed by atoms with Gasteiger partial charge in [-0.05, 0) is 57.2 Å². The lowest BCUT2D eigenvalue weighted by atomic mass is 10.2. The second-order valence-electron chi connectivity index (χ2n) is 5.83. The largest absolute Gasteiger partial charge is 0.491 e. The summed E-state index contributed by atoms with van der Waals surface area (Å²) >= 11 is 0. The molecular formula is C17H27N3O. The van der Waals surface area contributed by atoms with Crippen molar-refractivity contribution >= 4 is 5.96 Å². The lowest BCUT2D eigenvalue weighted by Gasteiger charge is -2.11. The highest BCUT2D eigenvalue weighted by molar-refractivity contribution is 5.79. The first-order valence-corrected chi connectivity index (χ1v) is 7.95. The quantitative estimate of drug-likeness (QED) is 0.599. The number of hydrogen-bond donors (Lipinski definition) is 2. The molecule has 0 bridgehead atoms. The van der Waals surface area contributed by atoms with Gasteiger partial charge in [-0.15, -0.1) is 0 Å². The van der Waals surface area contributed by atoms with E-state index in [9.17, 15) is 0 Å². The summed E-state index contributed by atoms with van der Waals surface area (Å²) in [7, 11) is 0. The summed E-state index contributed by atoms with van der Waals surface area (Å²) in [6.07, 6.45) is 2.91. The number of rotatable bonds is 7. The highest BCUT2D eigenvalue weighted by Gasteiger charge is 2.20. The molecule has 21 heavy (non-hydrogen) atoms. The molecule has 1 aromatic carbocycles. The van der Waals surface area contributed by atoms with Gasteiger partial charge in [0.15, 0.2) is 5.96 Å². The van der Waals surface area contributed by atoms with Gasteiger partial charge >= 0.3 is 0 Å². The lowest BCUT2D eigenvalue weighted by Crippen LogP contribution is -2.38. The third-order valence-electron chi connectivity index (χ3n) is 3.31. The van der Waals surface area contributed by atoms with E-state index in [1.807, 2.05) is 26.0 Å². The van der Waals surface area contributed by atoms with Gasteiger partial charge in [0, 0.05) is 13.1 Å². The van der Waals surface area contributed by atoms with Crippen LogP contribution in [0.2, 0.25) is 0 Å². The number of nitrogens with one attached hydrogen (secondary N) is 2. The Morgan fingerprint density at radius 1 is 1.24 bits per heavy atom. The van der Waals surface area contributed by atoms with Crippen LogP contribution in [0.25, 0.3) is 0 Å². The second-order valence-corrected chi connectivity index (χ2v) is 5.83. The van der Waals surface area contributed by atoms with Crippen molar-refractivity contribution in [1.29, 1.82) is 0 Å². The molecule has 116 valence electrons. The Labute approximate surface area is 128 Å². The predicted molar refractivity (Wildman–Crippen MR) is 87.7 cm³/mol. The average Bonchev–Trinajstić information content (AvgIpc) is 3.27. The maximum Gasteiger partial charge on any atom is 0.191 e. The van der Waals surface area contributed by atoms with Crippen molar-refractivity contribution in [2.45, 2.75) is 46.3 Å². The fourth-order valence-corrected chi connectivity index (χ4v) is 2.02. The Kier molecular flexibility index (Phi) is 5.90. The van der Waals surface area contributed by atoms with Gasteiger partial charge in [-0.2, -0.15) is 0 Å². The highest BCUT2D eigenvalue weighted by atomic mass is 16.5. The molecule has 0 aromatic heterocycles. The first-order chi connectivity index (χ1) is 10.2. The Morgan fingerprint density at radius 2 is 1.95 bits per heavy atom. The van der Waals surface area contributed by atoms with Crippen LogP contribution >= 0.6 is 0 Å². The van der Waals surface area contributed by atoms with Gasteiger partial charge in [-0.1, -0.05) is 12.1 Å². The van der Waals surface area contributed by atoms with Crippen molar-refractivity contribution in [3.05, 3.63) is 29.8 Å². The Balaban J connectivity index is 1.86. The average molecular weight is 289 g/mol. The lowest BCUT2D eigenvalue weighted by molar-refractivity contribution is 0.242. The molecule has 0 amide bonds. The first-order valence-electron chi connectivity index (χ1n) is 7.95. The van der Waals surface area contributed by atoms with E-state index in [4.69, 9.17) is 4.74 Å². The smallest absolute Gasteiger partial charge is 0.191 e. The maximum atomic E-state index is 5.64. The number of nitrogens with zero attached hydrogens (tertiary/aromatic N) is 1. The molecule has 4 heteroatoms. The van der Waals surface area contributed by atoms with Crippen LogP contribution < -0.4 is 15.4 Å². The summed E-state index contributed by atoms with van der Waals surface area (Å²) in [5, 5.41) is 6.69. The standard InChI is InChI=1S/C17H27N3O/c1-4-18-17(19-11-14-5-6-14)20-12-15-7-9-16(10-8-15)21-13(2)3/h7-10,13-14H,4-6,11-12H2,1-3H3,(H2,18,19,20). The predicted octanol–water partition coefficient (Wildman–Crippen LogP) is 2.94. The zero-order valence-corrected chi connectivity index (χ0v) is 13.4. The summed E-state index contributed by atoms with van der Waals surface area (Å²) < 4.78 is 5.64. The number of guanidine groups is 1. The molecule has 0 spiro atoms. The third kappa shape index (κ3) is 6.06. The van der Waals surface area contributed by atoms with Gasteiger partial charge < -0.3 is 15.4 Å². The van der Waals surface area contributed by atoms with Gasteiger partial charge in [0.25, 0.3) is 0 Å². The van der Waals surface area contributed by atoms with Gasteiger partial charge in [0.05, 0.1) is 12.6 Å². The third-order valence-corrected chi connectivity index (χ3v) is 3.31. The molecule has 0 saturated heterocycles. The summed E-state index contributed by atoms with van der Waals surface area (Å²) in [5.41, 5.74) is 1.19. The maximum absolute atomic E-state index is 5.64. The molecule has 0 unspecified atom stereocenters. The molecule has 2 N–H and O–H groups in total. The first kappa shape index (κ1) is 15.7. The van der Waals surface area contributed by atoms with E-state index < -0.39 is 0 Å². The van der Waals surface area contributed by atoms with Crippen LogP contribution in [0.1, 0.15) is 39.2 Å². The number of benzene rings is 1. The van der Waals surface area contributed by atoms with E-state index >= 15 is 0 Å². The molecule has 1 aromatic rings. The molecule has 0 atom stereocenters. The van der Waals surface area contributed by atoms with Crippen molar-refractivity contribution in [2.75, 3.05) is 13.1 Å². The van der Waals surface area contributed by atoms with Crippen LogP contribution in [0.15, 0.2) is 29.3 Å². The van der Waals surface area contributed by atoms with Crippen LogP contribution in [0.5, 0.6) is 5.75 Å². The minimum Gasteiger partial charge on any atom is -0.491 e. The summed E-state index contributed by atoms with van der Waals surface area (Å²) in [4.78, 5) is 4.63. The molecule has 1 fully saturated rings. The summed E-state index contributed by atoms with van der Waals surface area (Å²) in [6, 6.07) is 8.17. The van der Waals surface area contributed by atoms with Gasteiger partial charge in [0.2, 0.25) is 0 Å². The van der Waals surface area contributed by atoms with Crippen LogP contribution in [0, 0.1) is 5.92 Å². The summed E-state index contributed by atoms with van der Waals surface area (Å²) in [6.45, 7) is 8.76. The van der Waals surface area contributed by atoms with Crippen molar-refractivity contribution in [1.82, 2.24) is 10.6 Å². The Hall–Kier alpha value is -1.71. The molecule has 2 rings (SSSR count). The minimum atomic E-state index is 0.209. The van der Waals surface area contributed by atoms with Crippen LogP contribution in [-0.4, -0.2) is 25.2 Å². The second kappa shape index (κ2) is 7.91. The van der Waals surface area contributed by atoms with Crippen molar-refractivity contribution in [3.8, 4) is 5.75 Å². The monoisotopic (exact) mass is 289 g/mol. The molecule has 0 aliphatic heterocycles. The molecule has 1 aliphatic rings. The van der Waals surface area contributed by atoms with Gasteiger partial charge in [-0.3, -0.25) is 0 Å². The van der Waals surface area contributed by atoms with E-state index in [1.54, 1.807) is 0 Å². The molecular weight excluding hydrogens is 262 g/mol. The summed E-state index contributed by atoms with van der Waals surface area (Å²) in [5.74, 6) is 2.67. The molecule has 0 radical (unpaired) electrons. The van der Waals surface area contributed by atoms with Gasteiger partial charge in [-0.25, -0.2) is 4.99 Å². The van der Waals surface area contributed by atoms with Crippen molar-refractivity contribution in [3.63, 3.8) is 0 Å². The highest BCUT2D eigenvalue weighted by Crippen LogP contribution is 2.27. The van der Waals surface area contributed by atoms with E-state index in [0.29, 0.717) is 6.54 Å². The Morgan fingerprint density at radius 3 is 2.52 bits per heavy atom. The zero-order chi connectivity index (χ0) is 15.1. The molecule has 0 heterocycles. The molecule has 1 aliphatic carbocycles. The van der Waals surface area contributed by atoms with E-state index in [0.717, 1.165) is 30.7 Å². The normalized spacial score (nSPS) is 15.1. The fraction of sp³-hybridized carbons (Fsp3) is 0.588. The van der Waals surface area contributed by atoms with Crippen LogP contribution in [-0.2, 0) is 6.54 Å². The van der Waals surface area contributed by atoms with E-state index in [2.05, 4.69) is 34.7 Å². The minimum absolute atomic E-state index is 0.209. The Bertz CT molecular complexity index is 450. The van der Waals surface area contributed by atoms with E-state index in [-0.39, 0.29) is 6.10 Å².